The number of carbonyl (C=O) groups excluding carboxylic acids is 1. The maximum atomic E-state index is 11.4. The zero-order valence-corrected chi connectivity index (χ0v) is 9.25. The second-order valence-electron chi connectivity index (χ2n) is 3.41. The third kappa shape index (κ3) is 2.39. The Morgan fingerprint density at radius 3 is 2.65 bits per heavy atom. The van der Waals surface area contributed by atoms with Gasteiger partial charge in [-0.3, -0.25) is 0 Å². The fourth-order valence-electron chi connectivity index (χ4n) is 1.39. The minimum Gasteiger partial charge on any atom is -0.465 e. The standard InChI is InChI=1S/C12H11N3O2/c1-17-12(16)9-4-2-3-8(5-9)11-14-6-10(13)7-15-11/h2-7H,13H2,1H3. The first-order chi connectivity index (χ1) is 8.20. The van der Waals surface area contributed by atoms with Crippen LogP contribution in [-0.4, -0.2) is 23.0 Å². The number of nitrogen functional groups attached to an aromatic ring is 1. The Morgan fingerprint density at radius 2 is 2.00 bits per heavy atom. The highest BCUT2D eigenvalue weighted by atomic mass is 16.5. The summed E-state index contributed by atoms with van der Waals surface area (Å²) in [5.74, 6) is 0.132. The Balaban J connectivity index is 2.39. The molecule has 5 nitrogen and oxygen atoms in total. The van der Waals surface area contributed by atoms with Crippen LogP contribution in [0.15, 0.2) is 36.7 Å². The van der Waals surface area contributed by atoms with Gasteiger partial charge >= 0.3 is 5.97 Å². The number of methoxy groups -OCH3 is 1. The molecule has 0 fully saturated rings. The quantitative estimate of drug-likeness (QED) is 0.790. The molecule has 1 aromatic carbocycles. The van der Waals surface area contributed by atoms with E-state index < -0.39 is 0 Å². The number of anilines is 1. The van der Waals surface area contributed by atoms with E-state index in [2.05, 4.69) is 14.7 Å². The van der Waals surface area contributed by atoms with Gasteiger partial charge in [-0.05, 0) is 12.1 Å². The van der Waals surface area contributed by atoms with Gasteiger partial charge < -0.3 is 10.5 Å². The topological polar surface area (TPSA) is 78.1 Å². The third-order valence-corrected chi connectivity index (χ3v) is 2.21. The smallest absolute Gasteiger partial charge is 0.337 e. The number of carbonyl (C=O) groups is 1. The molecule has 0 spiro atoms. The summed E-state index contributed by atoms with van der Waals surface area (Å²) >= 11 is 0. The van der Waals surface area contributed by atoms with Crippen molar-refractivity contribution in [3.63, 3.8) is 0 Å². The molecule has 0 aliphatic heterocycles. The third-order valence-electron chi connectivity index (χ3n) is 2.21. The highest BCUT2D eigenvalue weighted by molar-refractivity contribution is 5.90. The van der Waals surface area contributed by atoms with Gasteiger partial charge in [-0.25, -0.2) is 14.8 Å². The summed E-state index contributed by atoms with van der Waals surface area (Å²) in [6, 6.07) is 6.92. The first-order valence-electron chi connectivity index (χ1n) is 4.97. The minimum atomic E-state index is -0.387. The Morgan fingerprint density at radius 1 is 1.29 bits per heavy atom. The van der Waals surface area contributed by atoms with Crippen molar-refractivity contribution < 1.29 is 9.53 Å². The predicted molar refractivity (Wildman–Crippen MR) is 63.2 cm³/mol. The van der Waals surface area contributed by atoms with E-state index >= 15 is 0 Å². The van der Waals surface area contributed by atoms with Crippen molar-refractivity contribution in [2.24, 2.45) is 0 Å². The molecule has 17 heavy (non-hydrogen) atoms. The molecule has 0 amide bonds. The van der Waals surface area contributed by atoms with Crippen molar-refractivity contribution in [2.45, 2.75) is 0 Å². The molecule has 5 heteroatoms. The minimum absolute atomic E-state index is 0.387. The van der Waals surface area contributed by atoms with Crippen LogP contribution >= 0.6 is 0 Å². The molecule has 0 unspecified atom stereocenters. The van der Waals surface area contributed by atoms with Gasteiger partial charge in [0, 0.05) is 5.56 Å². The molecular formula is C12H11N3O2. The highest BCUT2D eigenvalue weighted by Gasteiger charge is 2.07. The van der Waals surface area contributed by atoms with Crippen molar-refractivity contribution >= 4 is 11.7 Å². The lowest BCUT2D eigenvalue weighted by Gasteiger charge is -2.03. The fraction of sp³-hybridized carbons (Fsp3) is 0.0833. The number of ether oxygens (including phenoxy) is 1. The molecule has 0 atom stereocenters. The van der Waals surface area contributed by atoms with Gasteiger partial charge in [0.1, 0.15) is 0 Å². The van der Waals surface area contributed by atoms with E-state index in [-0.39, 0.29) is 5.97 Å². The molecule has 0 saturated carbocycles. The molecule has 0 aliphatic carbocycles. The average Bonchev–Trinajstić information content (AvgIpc) is 2.39. The molecule has 2 aromatic rings. The molecule has 2 rings (SSSR count). The van der Waals surface area contributed by atoms with Crippen LogP contribution in [0.1, 0.15) is 10.4 Å². The van der Waals surface area contributed by atoms with Crippen molar-refractivity contribution in [3.8, 4) is 11.4 Å². The van der Waals surface area contributed by atoms with Crippen LogP contribution in [-0.2, 0) is 4.74 Å². The molecule has 0 bridgehead atoms. The van der Waals surface area contributed by atoms with Gasteiger partial charge in [0.25, 0.3) is 0 Å². The first kappa shape index (κ1) is 11.1. The molecule has 1 heterocycles. The van der Waals surface area contributed by atoms with Crippen LogP contribution in [0.25, 0.3) is 11.4 Å². The number of benzene rings is 1. The number of nitrogens with two attached hydrogens (primary N) is 1. The Hall–Kier alpha value is -2.43. The van der Waals surface area contributed by atoms with E-state index in [1.54, 1.807) is 18.2 Å². The van der Waals surface area contributed by atoms with Gasteiger partial charge in [0.2, 0.25) is 0 Å². The predicted octanol–water partition coefficient (Wildman–Crippen LogP) is 1.51. The Labute approximate surface area is 98.3 Å². The Bertz CT molecular complexity index is 538. The van der Waals surface area contributed by atoms with Crippen LogP contribution in [0.2, 0.25) is 0 Å². The van der Waals surface area contributed by atoms with E-state index in [0.29, 0.717) is 17.1 Å². The van der Waals surface area contributed by atoms with Crippen LogP contribution in [0.4, 0.5) is 5.69 Å². The molecule has 2 N–H and O–H groups in total. The number of aromatic nitrogens is 2. The highest BCUT2D eigenvalue weighted by Crippen LogP contribution is 2.16. The molecule has 1 aromatic heterocycles. The van der Waals surface area contributed by atoms with Crippen LogP contribution < -0.4 is 5.73 Å². The molecule has 0 radical (unpaired) electrons. The SMILES string of the molecule is COC(=O)c1cccc(-c2ncc(N)cn2)c1. The van der Waals surface area contributed by atoms with Gasteiger partial charge in [-0.2, -0.15) is 0 Å². The summed E-state index contributed by atoms with van der Waals surface area (Å²) in [6.07, 6.45) is 3.04. The number of esters is 1. The summed E-state index contributed by atoms with van der Waals surface area (Å²) in [5.41, 5.74) is 7.21. The summed E-state index contributed by atoms with van der Waals surface area (Å²) in [4.78, 5) is 19.5. The van der Waals surface area contributed by atoms with E-state index in [1.807, 2.05) is 6.07 Å². The summed E-state index contributed by atoms with van der Waals surface area (Å²) in [6.45, 7) is 0. The van der Waals surface area contributed by atoms with Crippen LogP contribution in [0, 0.1) is 0 Å². The molecule has 86 valence electrons. The fourth-order valence-corrected chi connectivity index (χ4v) is 1.39. The van der Waals surface area contributed by atoms with Gasteiger partial charge in [0.05, 0.1) is 30.8 Å². The molecular weight excluding hydrogens is 218 g/mol. The maximum absolute atomic E-state index is 11.4. The lowest BCUT2D eigenvalue weighted by atomic mass is 10.1. The van der Waals surface area contributed by atoms with Crippen LogP contribution in [0.5, 0.6) is 0 Å². The zero-order chi connectivity index (χ0) is 12.3. The normalized spacial score (nSPS) is 9.94. The van der Waals surface area contributed by atoms with Gasteiger partial charge in [0.15, 0.2) is 5.82 Å². The monoisotopic (exact) mass is 229 g/mol. The van der Waals surface area contributed by atoms with Crippen molar-refractivity contribution in [3.05, 3.63) is 42.2 Å². The molecule has 0 aliphatic rings. The van der Waals surface area contributed by atoms with E-state index in [4.69, 9.17) is 5.73 Å². The lowest BCUT2D eigenvalue weighted by Crippen LogP contribution is -2.01. The zero-order valence-electron chi connectivity index (χ0n) is 9.25. The number of hydrogen-bond acceptors (Lipinski definition) is 5. The Kier molecular flexibility index (Phi) is 3.00. The van der Waals surface area contributed by atoms with Crippen molar-refractivity contribution in [1.82, 2.24) is 9.97 Å². The van der Waals surface area contributed by atoms with Crippen molar-refractivity contribution in [1.29, 1.82) is 0 Å². The number of rotatable bonds is 2. The molecule has 0 saturated heterocycles. The average molecular weight is 229 g/mol. The largest absolute Gasteiger partial charge is 0.465 e. The summed E-state index contributed by atoms with van der Waals surface area (Å²) in [5, 5.41) is 0. The maximum Gasteiger partial charge on any atom is 0.337 e. The van der Waals surface area contributed by atoms with E-state index in [0.717, 1.165) is 5.56 Å². The second-order valence-corrected chi connectivity index (χ2v) is 3.41. The first-order valence-corrected chi connectivity index (χ1v) is 4.97. The number of hydrogen-bond donors (Lipinski definition) is 1. The van der Waals surface area contributed by atoms with Crippen molar-refractivity contribution in [2.75, 3.05) is 12.8 Å². The van der Waals surface area contributed by atoms with Gasteiger partial charge in [-0.15, -0.1) is 0 Å². The summed E-state index contributed by atoms with van der Waals surface area (Å²) < 4.78 is 4.65. The lowest BCUT2D eigenvalue weighted by molar-refractivity contribution is 0.0601. The van der Waals surface area contributed by atoms with E-state index in [9.17, 15) is 4.79 Å². The van der Waals surface area contributed by atoms with Crippen LogP contribution in [0.3, 0.4) is 0 Å². The summed E-state index contributed by atoms with van der Waals surface area (Å²) in [7, 11) is 1.34. The second kappa shape index (κ2) is 4.61. The number of nitrogens with zero attached hydrogens (tertiary/aromatic N) is 2. The van der Waals surface area contributed by atoms with E-state index in [1.165, 1.54) is 19.5 Å². The van der Waals surface area contributed by atoms with Gasteiger partial charge in [-0.1, -0.05) is 12.1 Å².